The number of pyridine rings is 1. The normalized spacial score (nSPS) is 11.6. The number of hydrogen-bond acceptors (Lipinski definition) is 6. The van der Waals surface area contributed by atoms with Crippen LogP contribution in [-0.2, 0) is 20.7 Å². The molecule has 160 valence electrons. The molecule has 1 atom stereocenters. The van der Waals surface area contributed by atoms with Gasteiger partial charge in [-0.2, -0.15) is 0 Å². The van der Waals surface area contributed by atoms with E-state index < -0.39 is 18.0 Å². The maximum atomic E-state index is 12.2. The minimum Gasteiger partial charge on any atom is -0.452 e. The number of nitrogens with two attached hydrogens (primary N) is 1. The molecule has 2 aromatic rings. The Morgan fingerprint density at radius 3 is 2.43 bits per heavy atom. The van der Waals surface area contributed by atoms with Crippen LogP contribution in [0.2, 0.25) is 0 Å². The van der Waals surface area contributed by atoms with Gasteiger partial charge < -0.3 is 15.8 Å². The molecule has 7 nitrogen and oxygen atoms in total. The molecule has 8 heteroatoms. The predicted molar refractivity (Wildman–Crippen MR) is 116 cm³/mol. The van der Waals surface area contributed by atoms with Crippen LogP contribution in [0.25, 0.3) is 0 Å². The van der Waals surface area contributed by atoms with Crippen molar-refractivity contribution in [2.75, 3.05) is 12.3 Å². The number of primary amides is 1. The summed E-state index contributed by atoms with van der Waals surface area (Å²) in [6.45, 7) is 7.47. The van der Waals surface area contributed by atoms with Gasteiger partial charge in [0.05, 0.1) is 11.3 Å². The number of carbonyl (C=O) groups excluding carboxylic acids is 3. The van der Waals surface area contributed by atoms with Crippen LogP contribution in [0.4, 0.5) is 0 Å². The molecule has 3 N–H and O–H groups in total. The lowest BCUT2D eigenvalue weighted by Crippen LogP contribution is -2.37. The second-order valence-electron chi connectivity index (χ2n) is 6.94. The van der Waals surface area contributed by atoms with Crippen LogP contribution in [-0.4, -0.2) is 41.2 Å². The fourth-order valence-corrected chi connectivity index (χ4v) is 3.76. The fraction of sp³-hybridized carbons (Fsp3) is 0.364. The first-order valence-corrected chi connectivity index (χ1v) is 10.6. The summed E-state index contributed by atoms with van der Waals surface area (Å²) < 4.78 is 5.21. The van der Waals surface area contributed by atoms with E-state index in [1.165, 1.54) is 6.92 Å². The van der Waals surface area contributed by atoms with Crippen molar-refractivity contribution in [2.45, 2.75) is 45.2 Å². The van der Waals surface area contributed by atoms with E-state index in [4.69, 9.17) is 10.5 Å². The molecular weight excluding hydrogens is 402 g/mol. The molecule has 0 saturated carbocycles. The van der Waals surface area contributed by atoms with E-state index in [0.717, 1.165) is 34.1 Å². The number of esters is 1. The SMILES string of the molecule is Cc1nc(SCC(=O)OC(C)C(=O)NCCc2ccccc2)c(C(N)=O)c(C)c1C. The number of aryl methyl sites for hydroxylation is 1. The van der Waals surface area contributed by atoms with E-state index in [9.17, 15) is 14.4 Å². The summed E-state index contributed by atoms with van der Waals surface area (Å²) in [5.41, 5.74) is 9.30. The van der Waals surface area contributed by atoms with Crippen LogP contribution in [0.3, 0.4) is 0 Å². The van der Waals surface area contributed by atoms with Crippen LogP contribution >= 0.6 is 11.8 Å². The van der Waals surface area contributed by atoms with Crippen molar-refractivity contribution in [3.63, 3.8) is 0 Å². The van der Waals surface area contributed by atoms with Gasteiger partial charge in [-0.1, -0.05) is 42.1 Å². The zero-order valence-corrected chi connectivity index (χ0v) is 18.5. The van der Waals surface area contributed by atoms with Crippen molar-refractivity contribution >= 4 is 29.5 Å². The predicted octanol–water partition coefficient (Wildman–Crippen LogP) is 2.49. The number of hydrogen-bond donors (Lipinski definition) is 2. The molecule has 0 bridgehead atoms. The number of carbonyl (C=O) groups is 3. The number of ether oxygens (including phenoxy) is 1. The molecule has 0 aliphatic rings. The second kappa shape index (κ2) is 10.8. The molecule has 0 radical (unpaired) electrons. The van der Waals surface area contributed by atoms with Gasteiger partial charge in [0, 0.05) is 12.2 Å². The number of aromatic nitrogens is 1. The number of thioether (sulfide) groups is 1. The lowest BCUT2D eigenvalue weighted by atomic mass is 10.0. The van der Waals surface area contributed by atoms with Gasteiger partial charge in [0.25, 0.3) is 11.8 Å². The van der Waals surface area contributed by atoms with E-state index in [0.29, 0.717) is 23.6 Å². The lowest BCUT2D eigenvalue weighted by molar-refractivity contribution is -0.152. The molecule has 30 heavy (non-hydrogen) atoms. The van der Waals surface area contributed by atoms with Crippen LogP contribution < -0.4 is 11.1 Å². The smallest absolute Gasteiger partial charge is 0.317 e. The Labute approximate surface area is 180 Å². The Morgan fingerprint density at radius 2 is 1.80 bits per heavy atom. The third-order valence-electron chi connectivity index (χ3n) is 4.77. The maximum absolute atomic E-state index is 12.2. The molecule has 0 fully saturated rings. The Bertz CT molecular complexity index is 932. The van der Waals surface area contributed by atoms with E-state index in [1.54, 1.807) is 6.92 Å². The Morgan fingerprint density at radius 1 is 1.13 bits per heavy atom. The lowest BCUT2D eigenvalue weighted by Gasteiger charge is -2.15. The number of amides is 2. The van der Waals surface area contributed by atoms with Crippen molar-refractivity contribution in [3.8, 4) is 0 Å². The average molecular weight is 430 g/mol. The molecule has 1 heterocycles. The topological polar surface area (TPSA) is 111 Å². The van der Waals surface area contributed by atoms with Gasteiger partial charge in [-0.05, 0) is 50.8 Å². The Hall–Kier alpha value is -2.87. The molecule has 2 rings (SSSR count). The highest BCUT2D eigenvalue weighted by Gasteiger charge is 2.21. The summed E-state index contributed by atoms with van der Waals surface area (Å²) in [7, 11) is 0. The van der Waals surface area contributed by atoms with Gasteiger partial charge >= 0.3 is 5.97 Å². The second-order valence-corrected chi connectivity index (χ2v) is 7.90. The first-order valence-electron chi connectivity index (χ1n) is 9.62. The van der Waals surface area contributed by atoms with Crippen LogP contribution in [0.15, 0.2) is 35.4 Å². The third kappa shape index (κ3) is 6.32. The monoisotopic (exact) mass is 429 g/mol. The first kappa shape index (κ1) is 23.4. The molecule has 2 amide bonds. The van der Waals surface area contributed by atoms with Crippen molar-refractivity contribution in [1.29, 1.82) is 0 Å². The molecule has 0 aliphatic heterocycles. The van der Waals surface area contributed by atoms with E-state index >= 15 is 0 Å². The first-order chi connectivity index (χ1) is 14.2. The highest BCUT2D eigenvalue weighted by atomic mass is 32.2. The average Bonchev–Trinajstić information content (AvgIpc) is 2.70. The van der Waals surface area contributed by atoms with Crippen LogP contribution in [0.1, 0.15) is 39.7 Å². The van der Waals surface area contributed by atoms with Crippen LogP contribution in [0.5, 0.6) is 0 Å². The largest absolute Gasteiger partial charge is 0.452 e. The number of nitrogens with zero attached hydrogens (tertiary/aromatic N) is 1. The van der Waals surface area contributed by atoms with Gasteiger partial charge in [0.2, 0.25) is 0 Å². The Kier molecular flexibility index (Phi) is 8.41. The quantitative estimate of drug-likeness (QED) is 0.468. The summed E-state index contributed by atoms with van der Waals surface area (Å²) in [6, 6.07) is 9.78. The zero-order chi connectivity index (χ0) is 22.3. The zero-order valence-electron chi connectivity index (χ0n) is 17.7. The summed E-state index contributed by atoms with van der Waals surface area (Å²) >= 11 is 1.07. The summed E-state index contributed by atoms with van der Waals surface area (Å²) in [6.07, 6.45) is -0.226. The van der Waals surface area contributed by atoms with E-state index in [2.05, 4.69) is 10.3 Å². The minimum absolute atomic E-state index is 0.0865. The third-order valence-corrected chi connectivity index (χ3v) is 5.72. The molecule has 1 aromatic heterocycles. The molecular formula is C22H27N3O4S. The van der Waals surface area contributed by atoms with E-state index in [1.807, 2.05) is 44.2 Å². The van der Waals surface area contributed by atoms with Gasteiger partial charge in [-0.15, -0.1) is 0 Å². The highest BCUT2D eigenvalue weighted by molar-refractivity contribution is 8.00. The van der Waals surface area contributed by atoms with Gasteiger partial charge in [-0.3, -0.25) is 14.4 Å². The summed E-state index contributed by atoms with van der Waals surface area (Å²) in [5.74, 6) is -1.61. The molecule has 0 spiro atoms. The standard InChI is InChI=1S/C22H27N3O4S/c1-13-14(2)19(20(23)27)22(25-15(13)3)30-12-18(26)29-16(4)21(28)24-11-10-17-8-6-5-7-9-17/h5-9,16H,10-12H2,1-4H3,(H2,23,27)(H,24,28). The maximum Gasteiger partial charge on any atom is 0.317 e. The number of nitrogens with one attached hydrogen (secondary N) is 1. The molecule has 1 unspecified atom stereocenters. The minimum atomic E-state index is -0.918. The van der Waals surface area contributed by atoms with Gasteiger partial charge in [0.1, 0.15) is 5.03 Å². The van der Waals surface area contributed by atoms with Crippen molar-refractivity contribution < 1.29 is 19.1 Å². The Balaban J connectivity index is 1.87. The molecule has 0 saturated heterocycles. The molecule has 0 aliphatic carbocycles. The van der Waals surface area contributed by atoms with Crippen LogP contribution in [0, 0.1) is 20.8 Å². The van der Waals surface area contributed by atoms with Crippen molar-refractivity contribution in [3.05, 3.63) is 58.3 Å². The van der Waals surface area contributed by atoms with Crippen molar-refractivity contribution in [2.24, 2.45) is 5.73 Å². The van der Waals surface area contributed by atoms with E-state index in [-0.39, 0.29) is 11.7 Å². The summed E-state index contributed by atoms with van der Waals surface area (Å²) in [5, 5.41) is 3.15. The highest BCUT2D eigenvalue weighted by Crippen LogP contribution is 2.26. The van der Waals surface area contributed by atoms with Gasteiger partial charge in [-0.25, -0.2) is 4.98 Å². The summed E-state index contributed by atoms with van der Waals surface area (Å²) in [4.78, 5) is 40.5. The fourth-order valence-electron chi connectivity index (χ4n) is 2.84. The molecule has 1 aromatic carbocycles. The van der Waals surface area contributed by atoms with Crippen molar-refractivity contribution in [1.82, 2.24) is 10.3 Å². The number of rotatable bonds is 9. The number of benzene rings is 1. The van der Waals surface area contributed by atoms with Gasteiger partial charge in [0.15, 0.2) is 6.10 Å².